The molecule has 170 valence electrons. The van der Waals surface area contributed by atoms with Crippen molar-refractivity contribution in [1.82, 2.24) is 20.0 Å². The van der Waals surface area contributed by atoms with E-state index in [2.05, 4.69) is 28.4 Å². The molecule has 5 rings (SSSR count). The van der Waals surface area contributed by atoms with E-state index in [1.54, 1.807) is 6.20 Å². The van der Waals surface area contributed by atoms with Gasteiger partial charge in [-0.25, -0.2) is 0 Å². The van der Waals surface area contributed by atoms with Crippen LogP contribution < -0.4 is 0 Å². The molecule has 0 saturated carbocycles. The van der Waals surface area contributed by atoms with Crippen LogP contribution in [0.1, 0.15) is 71.6 Å². The van der Waals surface area contributed by atoms with Gasteiger partial charge >= 0.3 is 0 Å². The molecule has 1 unspecified atom stereocenters. The number of hydrogen-bond donors (Lipinski definition) is 1. The number of nitrogens with zero attached hydrogens (tertiary/aromatic N) is 3. The molecular formula is C25H32N4O3. The maximum Gasteiger partial charge on any atom is 0.257 e. The largest absolute Gasteiger partial charge is 0.378 e. The third-order valence-corrected chi connectivity index (χ3v) is 7.28. The van der Waals surface area contributed by atoms with E-state index in [-0.39, 0.29) is 23.8 Å². The number of benzene rings is 1. The standard InChI is InChI=1S/C25H32N4O3/c30-23(8-7-21-6-3-15-32-21)28-12-10-19(11-13-28)24-22(16-26-27-24)25(31)29-14-9-18-4-1-2-5-20(18)17-29/h1-2,4-5,16,19,21H,3,6-15,17H2,(H,26,27). The summed E-state index contributed by atoms with van der Waals surface area (Å²) < 4.78 is 5.64. The molecule has 7 heteroatoms. The van der Waals surface area contributed by atoms with E-state index in [0.717, 1.165) is 70.5 Å². The summed E-state index contributed by atoms with van der Waals surface area (Å²) >= 11 is 0. The zero-order valence-corrected chi connectivity index (χ0v) is 18.6. The van der Waals surface area contributed by atoms with Crippen LogP contribution in [-0.4, -0.2) is 64.2 Å². The van der Waals surface area contributed by atoms with Crippen molar-refractivity contribution in [2.24, 2.45) is 0 Å². The Labute approximate surface area is 189 Å². The van der Waals surface area contributed by atoms with Crippen molar-refractivity contribution in [2.75, 3.05) is 26.2 Å². The minimum Gasteiger partial charge on any atom is -0.378 e. The maximum absolute atomic E-state index is 13.3. The van der Waals surface area contributed by atoms with Gasteiger partial charge in [0.1, 0.15) is 0 Å². The molecule has 1 atom stereocenters. The Bertz CT molecular complexity index is 958. The van der Waals surface area contributed by atoms with E-state index < -0.39 is 0 Å². The first-order chi connectivity index (χ1) is 15.7. The quantitative estimate of drug-likeness (QED) is 0.780. The number of hydrogen-bond acceptors (Lipinski definition) is 4. The zero-order chi connectivity index (χ0) is 21.9. The van der Waals surface area contributed by atoms with Crippen molar-refractivity contribution in [3.05, 3.63) is 52.8 Å². The Morgan fingerprint density at radius 1 is 1.06 bits per heavy atom. The first kappa shape index (κ1) is 21.2. The number of likely N-dealkylation sites (tertiary alicyclic amines) is 1. The highest BCUT2D eigenvalue weighted by Crippen LogP contribution is 2.31. The average Bonchev–Trinajstić information content (AvgIpc) is 3.54. The molecule has 2 saturated heterocycles. The lowest BCUT2D eigenvalue weighted by molar-refractivity contribution is -0.132. The van der Waals surface area contributed by atoms with Crippen LogP contribution in [0.25, 0.3) is 0 Å². The second kappa shape index (κ2) is 9.45. The van der Waals surface area contributed by atoms with Gasteiger partial charge in [-0.1, -0.05) is 24.3 Å². The summed E-state index contributed by atoms with van der Waals surface area (Å²) in [6.07, 6.45) is 8.13. The first-order valence-electron chi connectivity index (χ1n) is 12.0. The van der Waals surface area contributed by atoms with Gasteiger partial charge in [-0.3, -0.25) is 14.7 Å². The molecular weight excluding hydrogens is 404 g/mol. The third-order valence-electron chi connectivity index (χ3n) is 7.28. The second-order valence-electron chi connectivity index (χ2n) is 9.27. The lowest BCUT2D eigenvalue weighted by atomic mass is 9.90. The van der Waals surface area contributed by atoms with Crippen LogP contribution in [0.3, 0.4) is 0 Å². The van der Waals surface area contributed by atoms with Gasteiger partial charge in [0, 0.05) is 45.1 Å². The number of aromatic amines is 1. The number of H-pyrrole nitrogens is 1. The van der Waals surface area contributed by atoms with Crippen LogP contribution in [0.5, 0.6) is 0 Å². The Hall–Kier alpha value is -2.67. The number of carbonyl (C=O) groups excluding carboxylic acids is 2. The molecule has 1 aromatic heterocycles. The SMILES string of the molecule is O=C(CCC1CCCO1)N1CCC(c2[nH]ncc2C(=O)N2CCc3ccccc3C2)CC1. The number of aromatic nitrogens is 2. The Morgan fingerprint density at radius 3 is 2.66 bits per heavy atom. The molecule has 7 nitrogen and oxygen atoms in total. The lowest BCUT2D eigenvalue weighted by Crippen LogP contribution is -2.39. The van der Waals surface area contributed by atoms with Crippen molar-refractivity contribution in [1.29, 1.82) is 0 Å². The van der Waals surface area contributed by atoms with E-state index in [1.807, 2.05) is 15.9 Å². The van der Waals surface area contributed by atoms with Crippen molar-refractivity contribution in [3.8, 4) is 0 Å². The van der Waals surface area contributed by atoms with Crippen LogP contribution in [-0.2, 0) is 22.5 Å². The van der Waals surface area contributed by atoms with Gasteiger partial charge < -0.3 is 14.5 Å². The molecule has 2 aromatic rings. The molecule has 32 heavy (non-hydrogen) atoms. The van der Waals surface area contributed by atoms with Crippen LogP contribution >= 0.6 is 0 Å². The summed E-state index contributed by atoms with van der Waals surface area (Å²) in [6, 6.07) is 8.35. The van der Waals surface area contributed by atoms with Crippen molar-refractivity contribution in [2.45, 2.75) is 63.5 Å². The molecule has 2 fully saturated rings. The summed E-state index contributed by atoms with van der Waals surface area (Å²) in [5, 5.41) is 7.32. The minimum atomic E-state index is 0.0540. The van der Waals surface area contributed by atoms with E-state index in [9.17, 15) is 9.59 Å². The smallest absolute Gasteiger partial charge is 0.257 e. The second-order valence-corrected chi connectivity index (χ2v) is 9.27. The molecule has 0 spiro atoms. The number of rotatable bonds is 5. The fourth-order valence-corrected chi connectivity index (χ4v) is 5.35. The summed E-state index contributed by atoms with van der Waals surface area (Å²) in [7, 11) is 0. The maximum atomic E-state index is 13.3. The monoisotopic (exact) mass is 436 g/mol. The number of fused-ring (bicyclic) bond motifs is 1. The molecule has 1 aromatic carbocycles. The number of amides is 2. The lowest BCUT2D eigenvalue weighted by Gasteiger charge is -2.33. The Morgan fingerprint density at radius 2 is 1.88 bits per heavy atom. The molecule has 4 heterocycles. The first-order valence-corrected chi connectivity index (χ1v) is 12.0. The van der Waals surface area contributed by atoms with Crippen LogP contribution in [0.15, 0.2) is 30.5 Å². The van der Waals surface area contributed by atoms with Gasteiger partial charge in [-0.2, -0.15) is 5.10 Å². The van der Waals surface area contributed by atoms with Gasteiger partial charge in [0.25, 0.3) is 5.91 Å². The molecule has 3 aliphatic rings. The van der Waals surface area contributed by atoms with Crippen LogP contribution in [0.4, 0.5) is 0 Å². The molecule has 0 aliphatic carbocycles. The van der Waals surface area contributed by atoms with E-state index in [0.29, 0.717) is 18.5 Å². The predicted octanol–water partition coefficient (Wildman–Crippen LogP) is 3.27. The summed E-state index contributed by atoms with van der Waals surface area (Å²) in [5.74, 6) is 0.515. The Balaban J connectivity index is 1.17. The van der Waals surface area contributed by atoms with Crippen molar-refractivity contribution >= 4 is 11.8 Å². The number of ether oxygens (including phenoxy) is 1. The summed E-state index contributed by atoms with van der Waals surface area (Å²) in [6.45, 7) is 3.69. The van der Waals surface area contributed by atoms with Crippen molar-refractivity contribution in [3.63, 3.8) is 0 Å². The highest BCUT2D eigenvalue weighted by atomic mass is 16.5. The van der Waals surface area contributed by atoms with Gasteiger partial charge in [0.2, 0.25) is 5.91 Å². The highest BCUT2D eigenvalue weighted by Gasteiger charge is 2.31. The predicted molar refractivity (Wildman–Crippen MR) is 120 cm³/mol. The topological polar surface area (TPSA) is 78.5 Å². The number of carbonyl (C=O) groups is 2. The summed E-state index contributed by atoms with van der Waals surface area (Å²) in [4.78, 5) is 29.8. The third kappa shape index (κ3) is 4.44. The number of nitrogens with one attached hydrogen (secondary N) is 1. The van der Waals surface area contributed by atoms with E-state index >= 15 is 0 Å². The van der Waals surface area contributed by atoms with Gasteiger partial charge in [-0.15, -0.1) is 0 Å². The van der Waals surface area contributed by atoms with E-state index in [4.69, 9.17) is 4.74 Å². The molecule has 3 aliphatic heterocycles. The van der Waals surface area contributed by atoms with Gasteiger partial charge in [0.15, 0.2) is 0 Å². The zero-order valence-electron chi connectivity index (χ0n) is 18.6. The highest BCUT2D eigenvalue weighted by molar-refractivity contribution is 5.95. The van der Waals surface area contributed by atoms with E-state index in [1.165, 1.54) is 11.1 Å². The average molecular weight is 437 g/mol. The number of piperidine rings is 1. The molecule has 1 N–H and O–H groups in total. The fraction of sp³-hybridized carbons (Fsp3) is 0.560. The minimum absolute atomic E-state index is 0.0540. The summed E-state index contributed by atoms with van der Waals surface area (Å²) in [5.41, 5.74) is 4.18. The van der Waals surface area contributed by atoms with Gasteiger partial charge in [-0.05, 0) is 49.7 Å². The van der Waals surface area contributed by atoms with Crippen LogP contribution in [0.2, 0.25) is 0 Å². The Kier molecular flexibility index (Phi) is 6.26. The van der Waals surface area contributed by atoms with Crippen LogP contribution in [0, 0.1) is 0 Å². The van der Waals surface area contributed by atoms with Crippen molar-refractivity contribution < 1.29 is 14.3 Å². The molecule has 2 amide bonds. The normalized spacial score (nSPS) is 21.6. The van der Waals surface area contributed by atoms with Gasteiger partial charge in [0.05, 0.1) is 23.6 Å². The molecule has 0 bridgehead atoms. The molecule has 0 radical (unpaired) electrons. The fourth-order valence-electron chi connectivity index (χ4n) is 5.35.